The van der Waals surface area contributed by atoms with Gasteiger partial charge in [-0.15, -0.1) is 0 Å². The molecule has 2 atom stereocenters. The summed E-state index contributed by atoms with van der Waals surface area (Å²) in [4.78, 5) is 24.7. The fraction of sp³-hybridized carbons (Fsp3) is 0.300. The minimum atomic E-state index is -0.539. The van der Waals surface area contributed by atoms with Crippen LogP contribution in [0.5, 0.6) is 0 Å². The molecule has 0 radical (unpaired) electrons. The summed E-state index contributed by atoms with van der Waals surface area (Å²) >= 11 is 0. The summed E-state index contributed by atoms with van der Waals surface area (Å²) < 4.78 is 6.86. The molecular weight excluding hydrogens is 372 g/mol. The number of amides is 2. The third-order valence-electron chi connectivity index (χ3n) is 4.76. The van der Waals surface area contributed by atoms with Crippen LogP contribution >= 0.6 is 0 Å². The number of carbonyl (C=O) groups is 2. The van der Waals surface area contributed by atoms with Crippen LogP contribution in [0.1, 0.15) is 42.2 Å². The molecule has 3 N–H and O–H groups in total. The minimum Gasteiger partial charge on any atom is -0.355 e. The first kappa shape index (κ1) is 18.9. The Morgan fingerprint density at radius 1 is 1.31 bits per heavy atom. The van der Waals surface area contributed by atoms with Crippen molar-refractivity contribution < 1.29 is 14.1 Å². The number of hydrogen-bond donors (Lipinski definition) is 3. The molecule has 3 aromatic rings. The summed E-state index contributed by atoms with van der Waals surface area (Å²) in [5.41, 5.74) is 1.70. The van der Waals surface area contributed by atoms with Crippen LogP contribution in [0.25, 0.3) is 11.3 Å². The summed E-state index contributed by atoms with van der Waals surface area (Å²) in [6, 6.07) is 12.8. The highest BCUT2D eigenvalue weighted by atomic mass is 16.5. The molecule has 2 unspecified atom stereocenters. The normalized spacial score (nSPS) is 19.0. The molecule has 1 aliphatic rings. The highest BCUT2D eigenvalue weighted by molar-refractivity contribution is 6.02. The van der Waals surface area contributed by atoms with Crippen molar-refractivity contribution in [2.24, 2.45) is 0 Å². The van der Waals surface area contributed by atoms with Crippen molar-refractivity contribution in [1.82, 2.24) is 25.6 Å². The number of anilines is 1. The first-order valence-electron chi connectivity index (χ1n) is 9.48. The molecular formula is C20H22N6O3. The quantitative estimate of drug-likeness (QED) is 0.612. The van der Waals surface area contributed by atoms with Crippen LogP contribution < -0.4 is 16.0 Å². The van der Waals surface area contributed by atoms with E-state index in [1.165, 1.54) is 0 Å². The van der Waals surface area contributed by atoms with Crippen LogP contribution in [-0.4, -0.2) is 32.8 Å². The number of benzene rings is 1. The molecule has 1 aliphatic heterocycles. The molecule has 1 saturated heterocycles. The zero-order valence-corrected chi connectivity index (χ0v) is 16.2. The third-order valence-corrected chi connectivity index (χ3v) is 4.76. The molecule has 0 bridgehead atoms. The average molecular weight is 394 g/mol. The van der Waals surface area contributed by atoms with E-state index in [4.69, 9.17) is 4.52 Å². The Hall–Kier alpha value is -3.46. The Bertz CT molecular complexity index is 1030. The smallest absolute Gasteiger partial charge is 0.279 e. The van der Waals surface area contributed by atoms with Crippen molar-refractivity contribution >= 4 is 17.6 Å². The molecule has 29 heavy (non-hydrogen) atoms. The van der Waals surface area contributed by atoms with Gasteiger partial charge in [0.05, 0.1) is 5.69 Å². The Kier molecular flexibility index (Phi) is 5.13. The zero-order chi connectivity index (χ0) is 20.4. The zero-order valence-electron chi connectivity index (χ0n) is 16.2. The highest BCUT2D eigenvalue weighted by Crippen LogP contribution is 2.22. The standard InChI is InChI=1S/C20H22N6O3/c1-3-14-10-18(27)23-20(21-14)26-17(9-12(2)24-26)22-19(28)15-11-16(29-25-15)13-7-5-4-6-8-13/h4-9,11,14,20-21H,3,10H2,1-2H3,(H,22,28)(H,23,27). The van der Waals surface area contributed by atoms with Gasteiger partial charge in [-0.3, -0.25) is 14.9 Å². The molecule has 1 aromatic carbocycles. The van der Waals surface area contributed by atoms with Gasteiger partial charge in [0.15, 0.2) is 17.7 Å². The molecule has 9 heteroatoms. The molecule has 9 nitrogen and oxygen atoms in total. The van der Waals surface area contributed by atoms with E-state index in [2.05, 4.69) is 26.2 Å². The van der Waals surface area contributed by atoms with Crippen LogP contribution in [0.4, 0.5) is 5.82 Å². The molecule has 150 valence electrons. The SMILES string of the molecule is CCC1CC(=O)NC(n2nc(C)cc2NC(=O)c2cc(-c3ccccc3)on2)N1. The van der Waals surface area contributed by atoms with Gasteiger partial charge < -0.3 is 15.2 Å². The van der Waals surface area contributed by atoms with E-state index in [1.807, 2.05) is 44.2 Å². The Balaban J connectivity index is 1.54. The lowest BCUT2D eigenvalue weighted by Gasteiger charge is -2.31. The number of hydrogen-bond acceptors (Lipinski definition) is 6. The van der Waals surface area contributed by atoms with E-state index in [0.29, 0.717) is 23.7 Å². The Morgan fingerprint density at radius 3 is 2.86 bits per heavy atom. The van der Waals surface area contributed by atoms with E-state index in [1.54, 1.807) is 16.8 Å². The van der Waals surface area contributed by atoms with Crippen molar-refractivity contribution in [2.45, 2.75) is 39.0 Å². The predicted molar refractivity (Wildman–Crippen MR) is 106 cm³/mol. The molecule has 2 aromatic heterocycles. The van der Waals surface area contributed by atoms with Gasteiger partial charge in [-0.25, -0.2) is 4.68 Å². The molecule has 0 saturated carbocycles. The Labute approximate surface area is 167 Å². The van der Waals surface area contributed by atoms with Crippen LogP contribution in [-0.2, 0) is 4.79 Å². The third kappa shape index (κ3) is 4.04. The topological polar surface area (TPSA) is 114 Å². The summed E-state index contributed by atoms with van der Waals surface area (Å²) in [6.45, 7) is 3.83. The maximum absolute atomic E-state index is 12.7. The van der Waals surface area contributed by atoms with Gasteiger partial charge in [0.1, 0.15) is 5.82 Å². The fourth-order valence-electron chi connectivity index (χ4n) is 3.26. The number of carbonyl (C=O) groups excluding carboxylic acids is 2. The molecule has 1 fully saturated rings. The fourth-order valence-corrected chi connectivity index (χ4v) is 3.26. The Morgan fingerprint density at radius 2 is 2.10 bits per heavy atom. The second-order valence-electron chi connectivity index (χ2n) is 6.96. The minimum absolute atomic E-state index is 0.0470. The maximum atomic E-state index is 12.7. The summed E-state index contributed by atoms with van der Waals surface area (Å²) in [7, 11) is 0. The van der Waals surface area contributed by atoms with Gasteiger partial charge in [0.25, 0.3) is 5.91 Å². The number of nitrogens with one attached hydrogen (secondary N) is 3. The van der Waals surface area contributed by atoms with E-state index in [0.717, 1.165) is 12.0 Å². The summed E-state index contributed by atoms with van der Waals surface area (Å²) in [5.74, 6) is 0.472. The number of aryl methyl sites for hydroxylation is 1. The highest BCUT2D eigenvalue weighted by Gasteiger charge is 2.28. The van der Waals surface area contributed by atoms with E-state index >= 15 is 0 Å². The van der Waals surface area contributed by atoms with Crippen LogP contribution in [0.15, 0.2) is 47.0 Å². The van der Waals surface area contributed by atoms with E-state index in [9.17, 15) is 9.59 Å². The van der Waals surface area contributed by atoms with Crippen molar-refractivity contribution in [2.75, 3.05) is 5.32 Å². The van der Waals surface area contributed by atoms with Crippen molar-refractivity contribution in [3.05, 3.63) is 53.9 Å². The van der Waals surface area contributed by atoms with Crippen LogP contribution in [0, 0.1) is 6.92 Å². The van der Waals surface area contributed by atoms with Crippen LogP contribution in [0.2, 0.25) is 0 Å². The largest absolute Gasteiger partial charge is 0.355 e. The number of rotatable bonds is 5. The molecule has 3 heterocycles. The molecule has 2 amide bonds. The van der Waals surface area contributed by atoms with Gasteiger partial charge in [-0.05, 0) is 13.3 Å². The van der Waals surface area contributed by atoms with Crippen molar-refractivity contribution in [3.63, 3.8) is 0 Å². The van der Waals surface area contributed by atoms with Crippen molar-refractivity contribution in [3.8, 4) is 11.3 Å². The van der Waals surface area contributed by atoms with Crippen LogP contribution in [0.3, 0.4) is 0 Å². The number of nitrogens with zero attached hydrogens (tertiary/aromatic N) is 3. The average Bonchev–Trinajstić information content (AvgIpc) is 3.35. The summed E-state index contributed by atoms with van der Waals surface area (Å²) in [5, 5.41) is 17.3. The second kappa shape index (κ2) is 7.88. The first-order valence-corrected chi connectivity index (χ1v) is 9.48. The van der Waals surface area contributed by atoms with Gasteiger partial charge in [-0.2, -0.15) is 5.10 Å². The van der Waals surface area contributed by atoms with E-state index < -0.39 is 12.2 Å². The second-order valence-corrected chi connectivity index (χ2v) is 6.96. The molecule has 0 aliphatic carbocycles. The lowest BCUT2D eigenvalue weighted by atomic mass is 10.1. The molecule has 0 spiro atoms. The lowest BCUT2D eigenvalue weighted by molar-refractivity contribution is -0.125. The van der Waals surface area contributed by atoms with Gasteiger partial charge in [0.2, 0.25) is 5.91 Å². The lowest BCUT2D eigenvalue weighted by Crippen LogP contribution is -2.53. The maximum Gasteiger partial charge on any atom is 0.279 e. The first-order chi connectivity index (χ1) is 14.0. The van der Waals surface area contributed by atoms with E-state index in [-0.39, 0.29) is 17.6 Å². The molecule has 4 rings (SSSR count). The monoisotopic (exact) mass is 394 g/mol. The number of aromatic nitrogens is 3. The van der Waals surface area contributed by atoms with Gasteiger partial charge >= 0.3 is 0 Å². The van der Waals surface area contributed by atoms with Crippen molar-refractivity contribution in [1.29, 1.82) is 0 Å². The van der Waals surface area contributed by atoms with Gasteiger partial charge in [-0.1, -0.05) is 42.4 Å². The predicted octanol–water partition coefficient (Wildman–Crippen LogP) is 2.44. The van der Waals surface area contributed by atoms with Gasteiger partial charge in [0, 0.05) is 30.2 Å². The summed E-state index contributed by atoms with van der Waals surface area (Å²) in [6.07, 6.45) is 0.686.